The molecule has 1 aliphatic heterocycles. The first-order chi connectivity index (χ1) is 9.97. The summed E-state index contributed by atoms with van der Waals surface area (Å²) in [4.78, 5) is 12.6. The summed E-state index contributed by atoms with van der Waals surface area (Å²) in [5, 5.41) is 14.3. The molecule has 1 atom stereocenters. The number of nitrogens with two attached hydrogens (primary N) is 1. The van der Waals surface area contributed by atoms with E-state index in [2.05, 4.69) is 24.1 Å². The maximum absolute atomic E-state index is 10.8. The van der Waals surface area contributed by atoms with Crippen molar-refractivity contribution in [2.24, 2.45) is 5.92 Å². The Morgan fingerprint density at radius 1 is 1.52 bits per heavy atom. The van der Waals surface area contributed by atoms with Crippen molar-refractivity contribution in [1.29, 1.82) is 0 Å². The maximum atomic E-state index is 10.8. The number of nitro benzene ring substituents is 1. The van der Waals surface area contributed by atoms with Gasteiger partial charge in [-0.25, -0.2) is 0 Å². The summed E-state index contributed by atoms with van der Waals surface area (Å²) < 4.78 is 0. The quantitative estimate of drug-likeness (QED) is 0.494. The molecule has 0 aliphatic carbocycles. The van der Waals surface area contributed by atoms with Crippen molar-refractivity contribution in [2.45, 2.75) is 32.7 Å². The van der Waals surface area contributed by atoms with Crippen LogP contribution >= 0.6 is 0 Å². The van der Waals surface area contributed by atoms with E-state index in [0.717, 1.165) is 31.7 Å². The predicted molar refractivity (Wildman–Crippen MR) is 85.6 cm³/mol. The lowest BCUT2D eigenvalue weighted by atomic mass is 9.97. The summed E-state index contributed by atoms with van der Waals surface area (Å²) in [7, 11) is 0. The highest BCUT2D eigenvalue weighted by molar-refractivity contribution is 5.66. The Bertz CT molecular complexity index is 504. The summed E-state index contributed by atoms with van der Waals surface area (Å²) in [6.45, 7) is 7.26. The number of hydrogen-bond acceptors (Lipinski definition) is 5. The Morgan fingerprint density at radius 2 is 2.29 bits per heavy atom. The molecule has 0 spiro atoms. The number of nitrogens with one attached hydrogen (secondary N) is 1. The molecule has 0 amide bonds. The van der Waals surface area contributed by atoms with Crippen LogP contribution in [0.15, 0.2) is 18.2 Å². The highest BCUT2D eigenvalue weighted by atomic mass is 16.6. The van der Waals surface area contributed by atoms with Crippen LogP contribution in [0, 0.1) is 16.0 Å². The molecule has 0 radical (unpaired) electrons. The molecule has 0 saturated carbocycles. The SMILES string of the molecule is CC(C)NCC1CCCN(c2ccc([N+](=O)[O-])c(N)c2)C1. The molecular formula is C15H24N4O2. The molecular weight excluding hydrogens is 268 g/mol. The fourth-order valence-corrected chi connectivity index (χ4v) is 2.77. The third-order valence-electron chi connectivity index (χ3n) is 3.91. The van der Waals surface area contributed by atoms with Gasteiger partial charge >= 0.3 is 0 Å². The van der Waals surface area contributed by atoms with Crippen LogP contribution in [0.4, 0.5) is 17.1 Å². The molecule has 6 heteroatoms. The summed E-state index contributed by atoms with van der Waals surface area (Å²) in [6, 6.07) is 5.51. The van der Waals surface area contributed by atoms with Crippen molar-refractivity contribution >= 4 is 17.1 Å². The van der Waals surface area contributed by atoms with E-state index >= 15 is 0 Å². The smallest absolute Gasteiger partial charge is 0.292 e. The van der Waals surface area contributed by atoms with E-state index in [1.54, 1.807) is 12.1 Å². The van der Waals surface area contributed by atoms with Crippen LogP contribution in [0.25, 0.3) is 0 Å². The van der Waals surface area contributed by atoms with Crippen LogP contribution in [0.1, 0.15) is 26.7 Å². The van der Waals surface area contributed by atoms with Gasteiger partial charge in [-0.2, -0.15) is 0 Å². The molecule has 1 aromatic carbocycles. The number of anilines is 2. The van der Waals surface area contributed by atoms with Crippen molar-refractivity contribution in [3.63, 3.8) is 0 Å². The van der Waals surface area contributed by atoms with E-state index in [0.29, 0.717) is 12.0 Å². The van der Waals surface area contributed by atoms with Gasteiger partial charge in [-0.1, -0.05) is 13.8 Å². The number of hydrogen-bond donors (Lipinski definition) is 2. The van der Waals surface area contributed by atoms with E-state index in [1.165, 1.54) is 12.5 Å². The van der Waals surface area contributed by atoms with Gasteiger partial charge in [0, 0.05) is 30.9 Å². The molecule has 3 N–H and O–H groups in total. The van der Waals surface area contributed by atoms with Gasteiger partial charge in [0.15, 0.2) is 0 Å². The molecule has 21 heavy (non-hydrogen) atoms. The van der Waals surface area contributed by atoms with E-state index in [1.807, 2.05) is 0 Å². The zero-order valence-corrected chi connectivity index (χ0v) is 12.7. The Balaban J connectivity index is 2.04. The van der Waals surface area contributed by atoms with Crippen LogP contribution in [-0.4, -0.2) is 30.6 Å². The third-order valence-corrected chi connectivity index (χ3v) is 3.91. The van der Waals surface area contributed by atoms with Crippen molar-refractivity contribution in [3.05, 3.63) is 28.3 Å². The fraction of sp³-hybridized carbons (Fsp3) is 0.600. The monoisotopic (exact) mass is 292 g/mol. The molecule has 1 saturated heterocycles. The standard InChI is InChI=1S/C15H24N4O2/c1-11(2)17-9-12-4-3-7-18(10-12)13-5-6-15(19(20)21)14(16)8-13/h5-6,8,11-12,17H,3-4,7,9-10,16H2,1-2H3. The van der Waals surface area contributed by atoms with Crippen molar-refractivity contribution in [2.75, 3.05) is 30.3 Å². The number of nitrogens with zero attached hydrogens (tertiary/aromatic N) is 2. The van der Waals surface area contributed by atoms with Crippen molar-refractivity contribution < 1.29 is 4.92 Å². The summed E-state index contributed by atoms with van der Waals surface area (Å²) in [5.74, 6) is 0.609. The average Bonchev–Trinajstić information content (AvgIpc) is 2.45. The highest BCUT2D eigenvalue weighted by Crippen LogP contribution is 2.29. The van der Waals surface area contributed by atoms with Gasteiger partial charge in [0.25, 0.3) is 5.69 Å². The van der Waals surface area contributed by atoms with Gasteiger partial charge in [0.05, 0.1) is 4.92 Å². The second kappa shape index (κ2) is 6.76. The minimum atomic E-state index is -0.440. The second-order valence-corrected chi connectivity index (χ2v) is 6.02. The topological polar surface area (TPSA) is 84.4 Å². The van der Waals surface area contributed by atoms with Gasteiger partial charge in [0.2, 0.25) is 0 Å². The van der Waals surface area contributed by atoms with Crippen molar-refractivity contribution in [1.82, 2.24) is 5.32 Å². The molecule has 1 heterocycles. The zero-order valence-electron chi connectivity index (χ0n) is 12.7. The Hall–Kier alpha value is -1.82. The molecule has 6 nitrogen and oxygen atoms in total. The lowest BCUT2D eigenvalue weighted by Gasteiger charge is -2.35. The van der Waals surface area contributed by atoms with Crippen LogP contribution in [0.3, 0.4) is 0 Å². The molecule has 1 fully saturated rings. The lowest BCUT2D eigenvalue weighted by Crippen LogP contribution is -2.41. The van der Waals surface area contributed by atoms with E-state index < -0.39 is 4.92 Å². The molecule has 0 bridgehead atoms. The Kier molecular flexibility index (Phi) is 5.01. The highest BCUT2D eigenvalue weighted by Gasteiger charge is 2.21. The molecule has 0 aromatic heterocycles. The largest absolute Gasteiger partial charge is 0.393 e. The summed E-state index contributed by atoms with van der Waals surface area (Å²) in [6.07, 6.45) is 2.36. The summed E-state index contributed by atoms with van der Waals surface area (Å²) >= 11 is 0. The minimum absolute atomic E-state index is 0.0196. The predicted octanol–water partition coefficient (Wildman–Crippen LogP) is 2.39. The average molecular weight is 292 g/mol. The normalized spacial score (nSPS) is 19.0. The van der Waals surface area contributed by atoms with Crippen LogP contribution in [-0.2, 0) is 0 Å². The van der Waals surface area contributed by atoms with Crippen LogP contribution in [0.2, 0.25) is 0 Å². The second-order valence-electron chi connectivity index (χ2n) is 6.02. The van der Waals surface area contributed by atoms with E-state index in [9.17, 15) is 10.1 Å². The molecule has 2 rings (SSSR count). The van der Waals surface area contributed by atoms with Crippen molar-refractivity contribution in [3.8, 4) is 0 Å². The first kappa shape index (κ1) is 15.6. The van der Waals surface area contributed by atoms with Gasteiger partial charge in [0.1, 0.15) is 5.69 Å². The number of nitrogen functional groups attached to an aromatic ring is 1. The number of nitro groups is 1. The molecule has 1 unspecified atom stereocenters. The summed E-state index contributed by atoms with van der Waals surface area (Å²) in [5.41, 5.74) is 6.98. The van der Waals surface area contributed by atoms with Gasteiger partial charge in [-0.3, -0.25) is 10.1 Å². The molecule has 1 aromatic rings. The lowest BCUT2D eigenvalue weighted by molar-refractivity contribution is -0.383. The minimum Gasteiger partial charge on any atom is -0.393 e. The Labute approximate surface area is 125 Å². The first-order valence-electron chi connectivity index (χ1n) is 7.49. The first-order valence-corrected chi connectivity index (χ1v) is 7.49. The zero-order chi connectivity index (χ0) is 15.4. The molecule has 116 valence electrons. The van der Waals surface area contributed by atoms with E-state index in [-0.39, 0.29) is 11.4 Å². The number of benzene rings is 1. The maximum Gasteiger partial charge on any atom is 0.292 e. The molecule has 1 aliphatic rings. The van der Waals surface area contributed by atoms with E-state index in [4.69, 9.17) is 5.73 Å². The van der Waals surface area contributed by atoms with Gasteiger partial charge in [-0.15, -0.1) is 0 Å². The van der Waals surface area contributed by atoms with Crippen LogP contribution < -0.4 is 16.0 Å². The Morgan fingerprint density at radius 3 is 2.90 bits per heavy atom. The van der Waals surface area contributed by atoms with Gasteiger partial charge in [-0.05, 0) is 37.4 Å². The third kappa shape index (κ3) is 4.07. The van der Waals surface area contributed by atoms with Gasteiger partial charge < -0.3 is 16.0 Å². The number of piperidine rings is 1. The number of rotatable bonds is 5. The fourth-order valence-electron chi connectivity index (χ4n) is 2.77. The van der Waals surface area contributed by atoms with Crippen LogP contribution in [0.5, 0.6) is 0 Å².